The molecule has 1 saturated heterocycles. The molecule has 2 aromatic rings. The second-order valence-corrected chi connectivity index (χ2v) is 5.73. The fourth-order valence-corrected chi connectivity index (χ4v) is 3.08. The normalized spacial score (nSPS) is 23.1. The van der Waals surface area contributed by atoms with Crippen LogP contribution in [0.25, 0.3) is 0 Å². The van der Waals surface area contributed by atoms with Crippen LogP contribution in [0.15, 0.2) is 54.6 Å². The van der Waals surface area contributed by atoms with Crippen LogP contribution >= 0.6 is 0 Å². The number of piperidine rings is 1. The molecular weight excluding hydrogens is 265 g/mol. The number of halogens is 1. The number of hydrogen-bond acceptors (Lipinski definition) is 2. The first kappa shape index (κ1) is 14.2. The quantitative estimate of drug-likeness (QED) is 0.936. The van der Waals surface area contributed by atoms with Gasteiger partial charge in [0.05, 0.1) is 6.10 Å². The number of β-amino-alcohol motifs (C(OH)–C–C–N with tert-alkyl or cyclic N) is 1. The lowest BCUT2D eigenvalue weighted by Crippen LogP contribution is -2.42. The van der Waals surface area contributed by atoms with Gasteiger partial charge in [0.25, 0.3) is 0 Å². The first-order chi connectivity index (χ1) is 10.2. The molecule has 0 aromatic heterocycles. The van der Waals surface area contributed by atoms with Gasteiger partial charge in [-0.25, -0.2) is 4.39 Å². The fourth-order valence-electron chi connectivity index (χ4n) is 3.08. The molecule has 1 N–H and O–H groups in total. The predicted molar refractivity (Wildman–Crippen MR) is 81.5 cm³/mol. The van der Waals surface area contributed by atoms with E-state index < -0.39 is 6.10 Å². The molecule has 2 atom stereocenters. The van der Waals surface area contributed by atoms with E-state index in [2.05, 4.69) is 17.0 Å². The van der Waals surface area contributed by atoms with E-state index in [-0.39, 0.29) is 11.7 Å². The molecule has 0 aliphatic carbocycles. The van der Waals surface area contributed by atoms with Crippen LogP contribution in [-0.4, -0.2) is 29.2 Å². The van der Waals surface area contributed by atoms with Crippen molar-refractivity contribution in [2.75, 3.05) is 13.1 Å². The van der Waals surface area contributed by atoms with E-state index in [4.69, 9.17) is 0 Å². The first-order valence-electron chi connectivity index (χ1n) is 7.42. The summed E-state index contributed by atoms with van der Waals surface area (Å²) < 4.78 is 13.0. The van der Waals surface area contributed by atoms with Crippen molar-refractivity contribution in [1.82, 2.24) is 4.90 Å². The Kier molecular flexibility index (Phi) is 4.32. The molecule has 110 valence electrons. The van der Waals surface area contributed by atoms with Gasteiger partial charge in [0.15, 0.2) is 0 Å². The molecule has 0 spiro atoms. The molecule has 21 heavy (non-hydrogen) atoms. The van der Waals surface area contributed by atoms with E-state index in [1.165, 1.54) is 17.7 Å². The highest BCUT2D eigenvalue weighted by molar-refractivity contribution is 5.23. The molecule has 1 heterocycles. The van der Waals surface area contributed by atoms with Crippen LogP contribution in [0.3, 0.4) is 0 Å². The summed E-state index contributed by atoms with van der Waals surface area (Å²) in [7, 11) is 0. The minimum absolute atomic E-state index is 0.109. The summed E-state index contributed by atoms with van der Waals surface area (Å²) >= 11 is 0. The fraction of sp³-hybridized carbons (Fsp3) is 0.333. The van der Waals surface area contributed by atoms with Crippen molar-refractivity contribution in [2.45, 2.75) is 25.0 Å². The highest BCUT2D eigenvalue weighted by atomic mass is 19.1. The van der Waals surface area contributed by atoms with Gasteiger partial charge in [-0.15, -0.1) is 0 Å². The molecule has 2 nitrogen and oxygen atoms in total. The summed E-state index contributed by atoms with van der Waals surface area (Å²) in [5, 5.41) is 10.4. The maximum atomic E-state index is 13.0. The summed E-state index contributed by atoms with van der Waals surface area (Å²) in [4.78, 5) is 2.28. The Morgan fingerprint density at radius 3 is 2.43 bits per heavy atom. The number of aliphatic hydroxyl groups excluding tert-OH is 1. The molecule has 0 radical (unpaired) electrons. The third-order valence-electron chi connectivity index (χ3n) is 4.21. The van der Waals surface area contributed by atoms with Gasteiger partial charge in [0.1, 0.15) is 5.82 Å². The van der Waals surface area contributed by atoms with Crippen molar-refractivity contribution >= 4 is 0 Å². The maximum Gasteiger partial charge on any atom is 0.123 e. The van der Waals surface area contributed by atoms with E-state index in [1.807, 2.05) is 18.2 Å². The lowest BCUT2D eigenvalue weighted by Gasteiger charge is -2.36. The average Bonchev–Trinajstić information content (AvgIpc) is 2.50. The van der Waals surface area contributed by atoms with Crippen molar-refractivity contribution in [3.63, 3.8) is 0 Å². The van der Waals surface area contributed by atoms with E-state index in [9.17, 15) is 9.50 Å². The van der Waals surface area contributed by atoms with Gasteiger partial charge in [0, 0.05) is 19.0 Å². The van der Waals surface area contributed by atoms with Gasteiger partial charge in [-0.3, -0.25) is 4.90 Å². The van der Waals surface area contributed by atoms with Crippen molar-refractivity contribution in [2.24, 2.45) is 0 Å². The minimum atomic E-state index is -0.395. The smallest absolute Gasteiger partial charge is 0.123 e. The monoisotopic (exact) mass is 285 g/mol. The van der Waals surface area contributed by atoms with E-state index in [1.54, 1.807) is 12.1 Å². The van der Waals surface area contributed by atoms with Gasteiger partial charge in [0.2, 0.25) is 0 Å². The van der Waals surface area contributed by atoms with Gasteiger partial charge in [-0.2, -0.15) is 0 Å². The van der Waals surface area contributed by atoms with Crippen LogP contribution in [0.1, 0.15) is 23.5 Å². The standard InChI is InChI=1S/C18H20FNO/c19-16-8-6-15(7-9-16)17-10-11-20(13-18(17)21)12-14-4-2-1-3-5-14/h1-9,17-18,21H,10-13H2. The number of rotatable bonds is 3. The molecule has 3 heteroatoms. The summed E-state index contributed by atoms with van der Waals surface area (Å²) in [6.45, 7) is 2.49. The topological polar surface area (TPSA) is 23.5 Å². The Balaban J connectivity index is 1.63. The lowest BCUT2D eigenvalue weighted by molar-refractivity contribution is 0.0476. The Morgan fingerprint density at radius 2 is 1.76 bits per heavy atom. The van der Waals surface area contributed by atoms with E-state index >= 15 is 0 Å². The molecule has 0 bridgehead atoms. The zero-order valence-corrected chi connectivity index (χ0v) is 12.0. The van der Waals surface area contributed by atoms with E-state index in [0.717, 1.165) is 25.1 Å². The Hall–Kier alpha value is -1.71. The number of nitrogens with zero attached hydrogens (tertiary/aromatic N) is 1. The van der Waals surface area contributed by atoms with Gasteiger partial charge < -0.3 is 5.11 Å². The number of aliphatic hydroxyl groups is 1. The maximum absolute atomic E-state index is 13.0. The third kappa shape index (κ3) is 3.49. The number of benzene rings is 2. The molecule has 2 aromatic carbocycles. The SMILES string of the molecule is OC1CN(Cc2ccccc2)CCC1c1ccc(F)cc1. The molecule has 3 rings (SSSR count). The summed E-state index contributed by atoms with van der Waals surface area (Å²) in [6.07, 6.45) is 0.507. The van der Waals surface area contributed by atoms with Gasteiger partial charge >= 0.3 is 0 Å². The first-order valence-corrected chi connectivity index (χ1v) is 7.42. The molecule has 0 saturated carbocycles. The second-order valence-electron chi connectivity index (χ2n) is 5.73. The minimum Gasteiger partial charge on any atom is -0.391 e. The molecular formula is C18H20FNO. The van der Waals surface area contributed by atoms with Crippen LogP contribution in [0, 0.1) is 5.82 Å². The van der Waals surface area contributed by atoms with Crippen molar-refractivity contribution < 1.29 is 9.50 Å². The zero-order chi connectivity index (χ0) is 14.7. The van der Waals surface area contributed by atoms with E-state index in [0.29, 0.717) is 6.54 Å². The largest absolute Gasteiger partial charge is 0.391 e. The molecule has 2 unspecified atom stereocenters. The van der Waals surface area contributed by atoms with Crippen LogP contribution < -0.4 is 0 Å². The summed E-state index contributed by atoms with van der Waals surface area (Å²) in [6, 6.07) is 16.8. The second kappa shape index (κ2) is 6.37. The van der Waals surface area contributed by atoms with Crippen molar-refractivity contribution in [3.05, 3.63) is 71.5 Å². The average molecular weight is 285 g/mol. The molecule has 1 aliphatic heterocycles. The van der Waals surface area contributed by atoms with Crippen molar-refractivity contribution in [1.29, 1.82) is 0 Å². The molecule has 0 amide bonds. The Bertz CT molecular complexity index is 570. The molecule has 1 fully saturated rings. The van der Waals surface area contributed by atoms with Crippen LogP contribution in [0.5, 0.6) is 0 Å². The lowest BCUT2D eigenvalue weighted by atomic mass is 9.87. The summed E-state index contributed by atoms with van der Waals surface area (Å²) in [5.41, 5.74) is 2.30. The molecule has 1 aliphatic rings. The Labute approximate surface area is 124 Å². The number of hydrogen-bond donors (Lipinski definition) is 1. The zero-order valence-electron chi connectivity index (χ0n) is 12.0. The van der Waals surface area contributed by atoms with Crippen LogP contribution in [0.2, 0.25) is 0 Å². The third-order valence-corrected chi connectivity index (χ3v) is 4.21. The van der Waals surface area contributed by atoms with Crippen molar-refractivity contribution in [3.8, 4) is 0 Å². The summed E-state index contributed by atoms with van der Waals surface area (Å²) in [5.74, 6) is -0.118. The van der Waals surface area contributed by atoms with Gasteiger partial charge in [-0.05, 0) is 36.2 Å². The van der Waals surface area contributed by atoms with Gasteiger partial charge in [-0.1, -0.05) is 42.5 Å². The number of likely N-dealkylation sites (tertiary alicyclic amines) is 1. The highest BCUT2D eigenvalue weighted by Gasteiger charge is 2.28. The van der Waals surface area contributed by atoms with Crippen LogP contribution in [0.4, 0.5) is 4.39 Å². The Morgan fingerprint density at radius 1 is 1.05 bits per heavy atom. The van der Waals surface area contributed by atoms with Crippen LogP contribution in [-0.2, 0) is 6.54 Å². The predicted octanol–water partition coefficient (Wildman–Crippen LogP) is 3.18. The highest BCUT2D eigenvalue weighted by Crippen LogP contribution is 2.29.